The van der Waals surface area contributed by atoms with Crippen molar-refractivity contribution in [3.05, 3.63) is 70.5 Å². The highest BCUT2D eigenvalue weighted by Gasteiger charge is 2.22. The highest BCUT2D eigenvalue weighted by atomic mass is 19.1. The van der Waals surface area contributed by atoms with E-state index in [0.29, 0.717) is 42.6 Å². The van der Waals surface area contributed by atoms with Gasteiger partial charge in [-0.05, 0) is 43.3 Å². The molecule has 1 saturated heterocycles. The van der Waals surface area contributed by atoms with E-state index < -0.39 is 0 Å². The second kappa shape index (κ2) is 9.26. The second-order valence-electron chi connectivity index (χ2n) is 7.61. The molecule has 1 N–H and O–H groups in total. The van der Waals surface area contributed by atoms with Crippen LogP contribution in [0.15, 0.2) is 53.6 Å². The van der Waals surface area contributed by atoms with Crippen molar-refractivity contribution in [2.45, 2.75) is 13.5 Å². The molecule has 2 aromatic carbocycles. The number of anilines is 1. The van der Waals surface area contributed by atoms with E-state index >= 15 is 0 Å². The minimum atomic E-state index is -0.350. The van der Waals surface area contributed by atoms with Crippen molar-refractivity contribution >= 4 is 22.5 Å². The second-order valence-corrected chi connectivity index (χ2v) is 7.61. The number of rotatable bonds is 6. The molecule has 0 unspecified atom stereocenters. The summed E-state index contributed by atoms with van der Waals surface area (Å²) in [7, 11) is 0. The number of halogens is 1. The summed E-state index contributed by atoms with van der Waals surface area (Å²) in [6, 6.07) is 11.3. The molecule has 0 radical (unpaired) electrons. The standard InChI is InChI=1S/C23H26FN5O2/c1-2-25-19-4-3-5-20-21(19)23(31)29(16-26-20)15-12-27-10-13-28(14-11-27)22(30)17-6-8-18(24)9-7-17/h3-9,16,25H,2,10-15H2,1H3. The number of aromatic nitrogens is 2. The topological polar surface area (TPSA) is 70.5 Å². The molecule has 8 heteroatoms. The van der Waals surface area contributed by atoms with Crippen LogP contribution in [-0.2, 0) is 6.54 Å². The molecule has 1 fully saturated rings. The van der Waals surface area contributed by atoms with Gasteiger partial charge in [-0.15, -0.1) is 0 Å². The number of amides is 1. The number of benzene rings is 2. The number of fused-ring (bicyclic) bond motifs is 1. The van der Waals surface area contributed by atoms with Crippen LogP contribution in [0.2, 0.25) is 0 Å². The first-order valence-electron chi connectivity index (χ1n) is 10.6. The van der Waals surface area contributed by atoms with Gasteiger partial charge in [0.2, 0.25) is 0 Å². The van der Waals surface area contributed by atoms with Crippen LogP contribution in [0, 0.1) is 5.82 Å². The van der Waals surface area contributed by atoms with Crippen molar-refractivity contribution in [2.24, 2.45) is 0 Å². The smallest absolute Gasteiger partial charge is 0.263 e. The third-order valence-corrected chi connectivity index (χ3v) is 5.63. The third-order valence-electron chi connectivity index (χ3n) is 5.63. The van der Waals surface area contributed by atoms with Crippen LogP contribution < -0.4 is 10.9 Å². The van der Waals surface area contributed by atoms with Gasteiger partial charge in [0, 0.05) is 57.1 Å². The van der Waals surface area contributed by atoms with Gasteiger partial charge in [-0.2, -0.15) is 0 Å². The fraction of sp³-hybridized carbons (Fsp3) is 0.348. The maximum atomic E-state index is 13.1. The van der Waals surface area contributed by atoms with Crippen molar-refractivity contribution in [2.75, 3.05) is 44.6 Å². The number of carbonyl (C=O) groups is 1. The molecule has 0 atom stereocenters. The number of carbonyl (C=O) groups excluding carboxylic acids is 1. The van der Waals surface area contributed by atoms with E-state index in [9.17, 15) is 14.0 Å². The normalized spacial score (nSPS) is 14.7. The molecule has 0 bridgehead atoms. The summed E-state index contributed by atoms with van der Waals surface area (Å²) in [6.45, 7) is 6.62. The Morgan fingerprint density at radius 2 is 1.81 bits per heavy atom. The first kappa shape index (κ1) is 21.0. The zero-order chi connectivity index (χ0) is 21.8. The maximum absolute atomic E-state index is 13.1. The number of nitrogens with one attached hydrogen (secondary N) is 1. The molecular weight excluding hydrogens is 397 g/mol. The monoisotopic (exact) mass is 423 g/mol. The lowest BCUT2D eigenvalue weighted by Crippen LogP contribution is -2.49. The molecule has 2 heterocycles. The summed E-state index contributed by atoms with van der Waals surface area (Å²) in [5.41, 5.74) is 1.94. The predicted octanol–water partition coefficient (Wildman–Crippen LogP) is 2.43. The van der Waals surface area contributed by atoms with E-state index in [1.807, 2.05) is 25.1 Å². The van der Waals surface area contributed by atoms with Crippen LogP contribution in [0.5, 0.6) is 0 Å². The largest absolute Gasteiger partial charge is 0.385 e. The molecule has 0 saturated carbocycles. The van der Waals surface area contributed by atoms with Gasteiger partial charge in [0.25, 0.3) is 11.5 Å². The summed E-state index contributed by atoms with van der Waals surface area (Å²) in [6.07, 6.45) is 1.61. The fourth-order valence-corrected chi connectivity index (χ4v) is 3.90. The van der Waals surface area contributed by atoms with Crippen LogP contribution >= 0.6 is 0 Å². The summed E-state index contributed by atoms with van der Waals surface area (Å²) >= 11 is 0. The molecule has 1 aromatic heterocycles. The van der Waals surface area contributed by atoms with E-state index in [-0.39, 0.29) is 17.3 Å². The summed E-state index contributed by atoms with van der Waals surface area (Å²) < 4.78 is 14.7. The van der Waals surface area contributed by atoms with Gasteiger partial charge in [-0.3, -0.25) is 19.1 Å². The van der Waals surface area contributed by atoms with E-state index in [2.05, 4.69) is 15.2 Å². The van der Waals surface area contributed by atoms with Crippen molar-refractivity contribution < 1.29 is 9.18 Å². The van der Waals surface area contributed by atoms with Gasteiger partial charge in [-0.25, -0.2) is 9.37 Å². The lowest BCUT2D eigenvalue weighted by atomic mass is 10.2. The van der Waals surface area contributed by atoms with E-state index in [4.69, 9.17) is 0 Å². The first-order chi connectivity index (χ1) is 15.1. The molecule has 31 heavy (non-hydrogen) atoms. The summed E-state index contributed by atoms with van der Waals surface area (Å²) in [4.78, 5) is 34.1. The molecule has 3 aromatic rings. The van der Waals surface area contributed by atoms with Gasteiger partial charge in [0.05, 0.1) is 17.2 Å². The predicted molar refractivity (Wildman–Crippen MR) is 119 cm³/mol. The average Bonchev–Trinajstić information content (AvgIpc) is 2.79. The minimum Gasteiger partial charge on any atom is -0.385 e. The first-order valence-corrected chi connectivity index (χ1v) is 10.6. The van der Waals surface area contributed by atoms with Crippen molar-refractivity contribution in [1.29, 1.82) is 0 Å². The van der Waals surface area contributed by atoms with E-state index in [1.165, 1.54) is 24.3 Å². The van der Waals surface area contributed by atoms with Crippen LogP contribution in [-0.4, -0.2) is 64.5 Å². The number of piperazine rings is 1. The van der Waals surface area contributed by atoms with Crippen LogP contribution in [0.4, 0.5) is 10.1 Å². The van der Waals surface area contributed by atoms with Gasteiger partial charge in [0.15, 0.2) is 0 Å². The molecule has 0 spiro atoms. The lowest BCUT2D eigenvalue weighted by molar-refractivity contribution is 0.0633. The van der Waals surface area contributed by atoms with Gasteiger partial charge >= 0.3 is 0 Å². The molecule has 1 amide bonds. The Balaban J connectivity index is 1.37. The van der Waals surface area contributed by atoms with Gasteiger partial charge < -0.3 is 10.2 Å². The summed E-state index contributed by atoms with van der Waals surface area (Å²) in [5.74, 6) is -0.428. The van der Waals surface area contributed by atoms with Gasteiger partial charge in [-0.1, -0.05) is 6.07 Å². The molecule has 0 aliphatic carbocycles. The fourth-order valence-electron chi connectivity index (χ4n) is 3.90. The maximum Gasteiger partial charge on any atom is 0.263 e. The molecular formula is C23H26FN5O2. The van der Waals surface area contributed by atoms with Crippen molar-refractivity contribution in [1.82, 2.24) is 19.4 Å². The summed E-state index contributed by atoms with van der Waals surface area (Å²) in [5, 5.41) is 3.85. The Kier molecular flexibility index (Phi) is 6.27. The Morgan fingerprint density at radius 1 is 1.06 bits per heavy atom. The van der Waals surface area contributed by atoms with Crippen molar-refractivity contribution in [3.8, 4) is 0 Å². The van der Waals surface area contributed by atoms with E-state index in [0.717, 1.165) is 25.3 Å². The zero-order valence-electron chi connectivity index (χ0n) is 17.6. The van der Waals surface area contributed by atoms with Crippen LogP contribution in [0.1, 0.15) is 17.3 Å². The molecule has 1 aliphatic heterocycles. The minimum absolute atomic E-state index is 0.0494. The molecule has 1 aliphatic rings. The molecule has 4 rings (SSSR count). The van der Waals surface area contributed by atoms with Crippen LogP contribution in [0.25, 0.3) is 10.9 Å². The Hall–Kier alpha value is -3.26. The highest BCUT2D eigenvalue weighted by molar-refractivity contribution is 5.94. The number of nitrogens with zero attached hydrogens (tertiary/aromatic N) is 4. The van der Waals surface area contributed by atoms with Crippen molar-refractivity contribution in [3.63, 3.8) is 0 Å². The quantitative estimate of drug-likeness (QED) is 0.660. The van der Waals surface area contributed by atoms with Crippen LogP contribution in [0.3, 0.4) is 0 Å². The highest BCUT2D eigenvalue weighted by Crippen LogP contribution is 2.17. The SMILES string of the molecule is CCNc1cccc2ncn(CCN3CCN(C(=O)c4ccc(F)cc4)CC3)c(=O)c12. The Morgan fingerprint density at radius 3 is 2.52 bits per heavy atom. The van der Waals surface area contributed by atoms with Gasteiger partial charge in [0.1, 0.15) is 5.82 Å². The molecule has 162 valence electrons. The lowest BCUT2D eigenvalue weighted by Gasteiger charge is -2.34. The number of hydrogen-bond acceptors (Lipinski definition) is 5. The average molecular weight is 423 g/mol. The third kappa shape index (κ3) is 4.59. The Labute approximate surface area is 180 Å². The number of hydrogen-bond donors (Lipinski definition) is 1. The zero-order valence-corrected chi connectivity index (χ0v) is 17.6. The Bertz CT molecular complexity index is 1120. The van der Waals surface area contributed by atoms with E-state index in [1.54, 1.807) is 15.8 Å². The molecule has 7 nitrogen and oxygen atoms in total.